The number of sulfone groups is 1. The van der Waals surface area contributed by atoms with E-state index in [9.17, 15) is 13.5 Å². The highest BCUT2D eigenvalue weighted by molar-refractivity contribution is 7.92. The molecule has 0 amide bonds. The van der Waals surface area contributed by atoms with Gasteiger partial charge in [0, 0.05) is 11.4 Å². The van der Waals surface area contributed by atoms with Gasteiger partial charge in [0.15, 0.2) is 4.93 Å². The summed E-state index contributed by atoms with van der Waals surface area (Å²) < 4.78 is 25.4. The van der Waals surface area contributed by atoms with Gasteiger partial charge in [0.05, 0.1) is 4.90 Å². The van der Waals surface area contributed by atoms with Crippen molar-refractivity contribution in [1.29, 1.82) is 0 Å². The molecule has 0 aromatic heterocycles. The number of rotatable bonds is 3. The van der Waals surface area contributed by atoms with Crippen molar-refractivity contribution in [2.75, 3.05) is 0 Å². The molecule has 2 aromatic carbocycles. The Morgan fingerprint density at radius 2 is 1.65 bits per heavy atom. The highest BCUT2D eigenvalue weighted by atomic mass is 35.5. The number of allylic oxidation sites excluding steroid dienone is 2. The Balaban J connectivity index is 1.92. The Morgan fingerprint density at radius 1 is 1.00 bits per heavy atom. The molecule has 2 aromatic rings. The van der Waals surface area contributed by atoms with Gasteiger partial charge in [-0.3, -0.25) is 0 Å². The molecule has 5 heteroatoms. The standard InChI is InChI=1S/C18H15ClO3S/c19-16-6-8-17(9-7-16)23(21,22)18(20)12-10-15(11-13-18)14-4-2-1-3-5-14/h1-12,20H,13H2. The first-order chi connectivity index (χ1) is 10.9. The third-order valence-electron chi connectivity index (χ3n) is 3.83. The van der Waals surface area contributed by atoms with Gasteiger partial charge in [0.2, 0.25) is 9.84 Å². The van der Waals surface area contributed by atoms with Crippen molar-refractivity contribution in [1.82, 2.24) is 0 Å². The van der Waals surface area contributed by atoms with Crippen LogP contribution in [0.2, 0.25) is 5.02 Å². The van der Waals surface area contributed by atoms with Gasteiger partial charge in [-0.15, -0.1) is 0 Å². The minimum absolute atomic E-state index is 0.00130. The average molecular weight is 347 g/mol. The minimum Gasteiger partial charge on any atom is -0.371 e. The van der Waals surface area contributed by atoms with Crippen LogP contribution in [0.4, 0.5) is 0 Å². The van der Waals surface area contributed by atoms with Crippen molar-refractivity contribution in [3.63, 3.8) is 0 Å². The SMILES string of the molecule is O=S(=O)(c1ccc(Cl)cc1)C1(O)C=CC(c2ccccc2)=CC1. The van der Waals surface area contributed by atoms with Gasteiger partial charge in [-0.2, -0.15) is 0 Å². The maximum absolute atomic E-state index is 12.7. The van der Waals surface area contributed by atoms with Crippen LogP contribution in [0.15, 0.2) is 77.7 Å². The van der Waals surface area contributed by atoms with E-state index in [1.54, 1.807) is 12.2 Å². The van der Waals surface area contributed by atoms with E-state index in [2.05, 4.69) is 0 Å². The van der Waals surface area contributed by atoms with Crippen LogP contribution in [0.5, 0.6) is 0 Å². The molecule has 3 rings (SSSR count). The maximum atomic E-state index is 12.7. The van der Waals surface area contributed by atoms with Gasteiger partial charge < -0.3 is 5.11 Å². The summed E-state index contributed by atoms with van der Waals surface area (Å²) >= 11 is 5.79. The van der Waals surface area contributed by atoms with Crippen LogP contribution in [0, 0.1) is 0 Å². The summed E-state index contributed by atoms with van der Waals surface area (Å²) in [6.45, 7) is 0. The number of halogens is 1. The van der Waals surface area contributed by atoms with Crippen molar-refractivity contribution in [2.24, 2.45) is 0 Å². The fraction of sp³-hybridized carbons (Fsp3) is 0.111. The Kier molecular flexibility index (Phi) is 4.15. The Bertz CT molecular complexity index is 868. The molecule has 0 heterocycles. The zero-order valence-corrected chi connectivity index (χ0v) is 13.8. The lowest BCUT2D eigenvalue weighted by Crippen LogP contribution is -2.37. The van der Waals surface area contributed by atoms with Gasteiger partial charge in [0.1, 0.15) is 0 Å². The first-order valence-electron chi connectivity index (χ1n) is 7.10. The molecule has 1 unspecified atom stereocenters. The highest BCUT2D eigenvalue weighted by Gasteiger charge is 2.41. The average Bonchev–Trinajstić information content (AvgIpc) is 2.56. The lowest BCUT2D eigenvalue weighted by Gasteiger charge is -2.26. The van der Waals surface area contributed by atoms with E-state index < -0.39 is 14.8 Å². The predicted molar refractivity (Wildman–Crippen MR) is 91.8 cm³/mol. The summed E-state index contributed by atoms with van der Waals surface area (Å²) in [5, 5.41) is 11.1. The molecule has 1 aliphatic rings. The van der Waals surface area contributed by atoms with Gasteiger partial charge in [-0.05, 0) is 41.5 Å². The number of hydrogen-bond acceptors (Lipinski definition) is 3. The van der Waals surface area contributed by atoms with Gasteiger partial charge in [0.25, 0.3) is 0 Å². The molecular weight excluding hydrogens is 332 g/mol. The molecule has 1 N–H and O–H groups in total. The van der Waals surface area contributed by atoms with E-state index in [0.717, 1.165) is 11.1 Å². The predicted octanol–water partition coefficient (Wildman–Crippen LogP) is 3.85. The van der Waals surface area contributed by atoms with E-state index in [-0.39, 0.29) is 11.3 Å². The first kappa shape index (κ1) is 16.0. The maximum Gasteiger partial charge on any atom is 0.211 e. The first-order valence-corrected chi connectivity index (χ1v) is 8.96. The Morgan fingerprint density at radius 3 is 2.22 bits per heavy atom. The van der Waals surface area contributed by atoms with Gasteiger partial charge >= 0.3 is 0 Å². The smallest absolute Gasteiger partial charge is 0.211 e. The second-order valence-corrected chi connectivity index (χ2v) is 7.99. The lowest BCUT2D eigenvalue weighted by molar-refractivity contribution is 0.176. The molecule has 3 nitrogen and oxygen atoms in total. The largest absolute Gasteiger partial charge is 0.371 e. The van der Waals surface area contributed by atoms with E-state index in [1.165, 1.54) is 30.3 Å². The zero-order valence-electron chi connectivity index (χ0n) is 12.2. The molecule has 23 heavy (non-hydrogen) atoms. The molecule has 0 bridgehead atoms. The zero-order chi connectivity index (χ0) is 16.5. The third kappa shape index (κ3) is 2.98. The van der Waals surface area contributed by atoms with Crippen LogP contribution in [-0.2, 0) is 9.84 Å². The summed E-state index contributed by atoms with van der Waals surface area (Å²) in [6, 6.07) is 15.4. The van der Waals surface area contributed by atoms with Gasteiger partial charge in [-0.25, -0.2) is 8.42 Å². The second-order valence-electron chi connectivity index (χ2n) is 5.37. The van der Waals surface area contributed by atoms with Crippen LogP contribution in [0.3, 0.4) is 0 Å². The quantitative estimate of drug-likeness (QED) is 0.918. The number of aliphatic hydroxyl groups is 1. The van der Waals surface area contributed by atoms with Gasteiger partial charge in [-0.1, -0.05) is 54.1 Å². The van der Waals surface area contributed by atoms with Crippen molar-refractivity contribution in [2.45, 2.75) is 16.2 Å². The molecule has 118 valence electrons. The Labute approximate surface area is 140 Å². The summed E-state index contributed by atoms with van der Waals surface area (Å²) in [5.41, 5.74) is 1.87. The van der Waals surface area contributed by atoms with Crippen molar-refractivity contribution in [3.05, 3.63) is 83.4 Å². The molecule has 0 aliphatic heterocycles. The van der Waals surface area contributed by atoms with Crippen LogP contribution in [0.25, 0.3) is 5.57 Å². The molecule has 1 atom stereocenters. The number of benzene rings is 2. The summed E-state index contributed by atoms with van der Waals surface area (Å²) in [4.78, 5) is -1.90. The van der Waals surface area contributed by atoms with Crippen molar-refractivity contribution in [3.8, 4) is 0 Å². The van der Waals surface area contributed by atoms with Crippen molar-refractivity contribution < 1.29 is 13.5 Å². The second kappa shape index (κ2) is 5.96. The monoisotopic (exact) mass is 346 g/mol. The van der Waals surface area contributed by atoms with Crippen LogP contribution < -0.4 is 0 Å². The minimum atomic E-state index is -3.92. The third-order valence-corrected chi connectivity index (χ3v) is 6.21. The van der Waals surface area contributed by atoms with E-state index in [0.29, 0.717) is 5.02 Å². The summed E-state index contributed by atoms with van der Waals surface area (Å²) in [6.07, 6.45) is 4.73. The highest BCUT2D eigenvalue weighted by Crippen LogP contribution is 2.34. The molecule has 0 spiro atoms. The van der Waals surface area contributed by atoms with E-state index in [4.69, 9.17) is 11.6 Å². The van der Waals surface area contributed by atoms with Crippen molar-refractivity contribution >= 4 is 27.0 Å². The van der Waals surface area contributed by atoms with Crippen LogP contribution in [-0.4, -0.2) is 18.5 Å². The normalized spacial score (nSPS) is 21.0. The van der Waals surface area contributed by atoms with Crippen LogP contribution >= 0.6 is 11.6 Å². The molecule has 1 aliphatic carbocycles. The fourth-order valence-electron chi connectivity index (χ4n) is 2.47. The summed E-state index contributed by atoms with van der Waals surface area (Å²) in [5.74, 6) is 0. The molecule has 0 radical (unpaired) electrons. The molecule has 0 saturated heterocycles. The topological polar surface area (TPSA) is 54.4 Å². The van der Waals surface area contributed by atoms with E-state index in [1.807, 2.05) is 30.3 Å². The van der Waals surface area contributed by atoms with E-state index >= 15 is 0 Å². The lowest BCUT2D eigenvalue weighted by atomic mass is 9.98. The molecular formula is C18H15ClO3S. The number of hydrogen-bond donors (Lipinski definition) is 1. The molecule has 0 fully saturated rings. The molecule has 0 saturated carbocycles. The fourth-order valence-corrected chi connectivity index (χ4v) is 4.05. The Hall–Kier alpha value is -1.88. The van der Waals surface area contributed by atoms with Crippen LogP contribution in [0.1, 0.15) is 12.0 Å². The summed E-state index contributed by atoms with van der Waals surface area (Å²) in [7, 11) is -3.92.